The van der Waals surface area contributed by atoms with Crippen LogP contribution in [0.5, 0.6) is 0 Å². The number of ether oxygens (including phenoxy) is 1. The summed E-state index contributed by atoms with van der Waals surface area (Å²) in [6.07, 6.45) is 7.10. The van der Waals surface area contributed by atoms with E-state index in [2.05, 4.69) is 43.4 Å². The van der Waals surface area contributed by atoms with E-state index in [1.807, 2.05) is 0 Å². The number of aliphatic imine (C=N–C) groups is 1. The number of nitrogens with zero attached hydrogens (tertiary/aromatic N) is 2. The molecule has 2 saturated carbocycles. The first kappa shape index (κ1) is 18.0. The molecule has 5 nitrogen and oxygen atoms in total. The van der Waals surface area contributed by atoms with Crippen molar-refractivity contribution in [3.63, 3.8) is 0 Å². The molecular formula is C19H36N4O. The Balaban J connectivity index is 1.52. The number of guanidine groups is 1. The fraction of sp³-hybridized carbons (Fsp3) is 0.947. The van der Waals surface area contributed by atoms with E-state index in [0.717, 1.165) is 38.2 Å². The van der Waals surface area contributed by atoms with Gasteiger partial charge in [-0.1, -0.05) is 26.7 Å². The molecule has 0 amide bonds. The SMILES string of the molecule is CCNC(=NCCN(C)C1CCCC1)NC1C2CCOC2C1(C)C. The molecule has 0 aromatic carbocycles. The van der Waals surface area contributed by atoms with E-state index in [9.17, 15) is 0 Å². The van der Waals surface area contributed by atoms with Crippen LogP contribution in [-0.4, -0.2) is 62.3 Å². The third kappa shape index (κ3) is 3.57. The average molecular weight is 337 g/mol. The van der Waals surface area contributed by atoms with Crippen LogP contribution in [0.25, 0.3) is 0 Å². The molecule has 3 fully saturated rings. The summed E-state index contributed by atoms with van der Waals surface area (Å²) in [5.41, 5.74) is 0.192. The number of likely N-dealkylation sites (N-methyl/N-ethyl adjacent to an activating group) is 1. The molecule has 5 heteroatoms. The minimum atomic E-state index is 0.192. The summed E-state index contributed by atoms with van der Waals surface area (Å²) in [6.45, 7) is 10.5. The second-order valence-electron chi connectivity index (χ2n) is 8.37. The van der Waals surface area contributed by atoms with Crippen molar-refractivity contribution in [1.29, 1.82) is 0 Å². The number of nitrogens with one attached hydrogen (secondary N) is 2. The lowest BCUT2D eigenvalue weighted by atomic mass is 9.57. The van der Waals surface area contributed by atoms with Crippen LogP contribution >= 0.6 is 0 Å². The lowest BCUT2D eigenvalue weighted by Crippen LogP contribution is -2.68. The Morgan fingerprint density at radius 1 is 1.25 bits per heavy atom. The zero-order valence-electron chi connectivity index (χ0n) is 16.0. The Labute approximate surface area is 147 Å². The van der Waals surface area contributed by atoms with Crippen LogP contribution in [0, 0.1) is 11.3 Å². The summed E-state index contributed by atoms with van der Waals surface area (Å²) < 4.78 is 5.90. The lowest BCUT2D eigenvalue weighted by Gasteiger charge is -2.54. The number of rotatable bonds is 6. The molecule has 1 saturated heterocycles. The van der Waals surface area contributed by atoms with Crippen LogP contribution in [0.4, 0.5) is 0 Å². The molecule has 3 aliphatic rings. The molecule has 3 unspecified atom stereocenters. The molecule has 1 aliphatic heterocycles. The molecular weight excluding hydrogens is 300 g/mol. The van der Waals surface area contributed by atoms with Gasteiger partial charge in [0, 0.05) is 43.1 Å². The summed E-state index contributed by atoms with van der Waals surface area (Å²) in [4.78, 5) is 7.33. The predicted octanol–water partition coefficient (Wildman–Crippen LogP) is 2.23. The van der Waals surface area contributed by atoms with Gasteiger partial charge in [-0.3, -0.25) is 4.99 Å². The van der Waals surface area contributed by atoms with Gasteiger partial charge in [0.1, 0.15) is 0 Å². The highest BCUT2D eigenvalue weighted by atomic mass is 16.5. The van der Waals surface area contributed by atoms with E-state index >= 15 is 0 Å². The Kier molecular flexibility index (Phi) is 5.70. The van der Waals surface area contributed by atoms with E-state index in [1.165, 1.54) is 32.1 Å². The summed E-state index contributed by atoms with van der Waals surface area (Å²) in [6, 6.07) is 1.24. The van der Waals surface area contributed by atoms with Gasteiger partial charge in [-0.15, -0.1) is 0 Å². The molecule has 0 bridgehead atoms. The first-order valence-electron chi connectivity index (χ1n) is 9.90. The standard InChI is InChI=1S/C19H36N4O/c1-5-20-18(21-11-12-23(4)14-8-6-7-9-14)22-16-15-10-13-24-17(15)19(16,2)3/h14-17H,5-13H2,1-4H3,(H2,20,21,22). The summed E-state index contributed by atoms with van der Waals surface area (Å²) in [5, 5.41) is 7.12. The van der Waals surface area contributed by atoms with Crippen LogP contribution in [0.2, 0.25) is 0 Å². The van der Waals surface area contributed by atoms with Crippen molar-refractivity contribution in [2.75, 3.05) is 33.3 Å². The van der Waals surface area contributed by atoms with Crippen LogP contribution < -0.4 is 10.6 Å². The number of hydrogen-bond donors (Lipinski definition) is 2. The highest BCUT2D eigenvalue weighted by Gasteiger charge is 2.59. The van der Waals surface area contributed by atoms with Gasteiger partial charge in [0.25, 0.3) is 0 Å². The van der Waals surface area contributed by atoms with Crippen molar-refractivity contribution in [1.82, 2.24) is 15.5 Å². The van der Waals surface area contributed by atoms with Gasteiger partial charge in [-0.25, -0.2) is 0 Å². The Morgan fingerprint density at radius 3 is 2.71 bits per heavy atom. The maximum absolute atomic E-state index is 5.90. The van der Waals surface area contributed by atoms with Crippen molar-refractivity contribution in [2.24, 2.45) is 16.3 Å². The van der Waals surface area contributed by atoms with E-state index in [4.69, 9.17) is 9.73 Å². The van der Waals surface area contributed by atoms with E-state index in [1.54, 1.807) is 0 Å². The molecule has 2 N–H and O–H groups in total. The van der Waals surface area contributed by atoms with E-state index in [0.29, 0.717) is 18.1 Å². The highest BCUT2D eigenvalue weighted by Crippen LogP contribution is 2.52. The molecule has 3 atom stereocenters. The Bertz CT molecular complexity index is 445. The Morgan fingerprint density at radius 2 is 2.00 bits per heavy atom. The first-order valence-corrected chi connectivity index (χ1v) is 9.90. The van der Waals surface area contributed by atoms with Crippen molar-refractivity contribution in [2.45, 2.75) is 71.1 Å². The molecule has 0 aromatic heterocycles. The average Bonchev–Trinajstić information content (AvgIpc) is 3.22. The molecule has 2 aliphatic carbocycles. The van der Waals surface area contributed by atoms with Gasteiger partial charge < -0.3 is 20.3 Å². The van der Waals surface area contributed by atoms with Crippen molar-refractivity contribution >= 4 is 5.96 Å². The third-order valence-corrected chi connectivity index (χ3v) is 6.41. The second kappa shape index (κ2) is 7.61. The van der Waals surface area contributed by atoms with Crippen LogP contribution in [0.15, 0.2) is 4.99 Å². The summed E-state index contributed by atoms with van der Waals surface area (Å²) in [5.74, 6) is 1.62. The first-order chi connectivity index (χ1) is 11.5. The van der Waals surface area contributed by atoms with Crippen LogP contribution in [0.3, 0.4) is 0 Å². The Hall–Kier alpha value is -0.810. The van der Waals surface area contributed by atoms with Gasteiger partial charge >= 0.3 is 0 Å². The summed E-state index contributed by atoms with van der Waals surface area (Å²) >= 11 is 0. The molecule has 0 radical (unpaired) electrons. The fourth-order valence-corrected chi connectivity index (χ4v) is 4.93. The molecule has 24 heavy (non-hydrogen) atoms. The molecule has 1 heterocycles. The predicted molar refractivity (Wildman–Crippen MR) is 99.4 cm³/mol. The van der Waals surface area contributed by atoms with Crippen molar-refractivity contribution in [3.8, 4) is 0 Å². The fourth-order valence-electron chi connectivity index (χ4n) is 4.93. The molecule has 138 valence electrons. The van der Waals surface area contributed by atoms with Gasteiger partial charge in [0.05, 0.1) is 12.6 Å². The van der Waals surface area contributed by atoms with Gasteiger partial charge in [-0.2, -0.15) is 0 Å². The van der Waals surface area contributed by atoms with Crippen LogP contribution in [0.1, 0.15) is 52.9 Å². The van der Waals surface area contributed by atoms with Crippen molar-refractivity contribution in [3.05, 3.63) is 0 Å². The summed E-state index contributed by atoms with van der Waals surface area (Å²) in [7, 11) is 2.25. The van der Waals surface area contributed by atoms with Crippen LogP contribution in [-0.2, 0) is 4.74 Å². The number of hydrogen-bond acceptors (Lipinski definition) is 3. The van der Waals surface area contributed by atoms with Gasteiger partial charge in [0.15, 0.2) is 5.96 Å². The minimum Gasteiger partial charge on any atom is -0.377 e. The second-order valence-corrected chi connectivity index (χ2v) is 8.37. The van der Waals surface area contributed by atoms with Crippen molar-refractivity contribution < 1.29 is 4.74 Å². The maximum Gasteiger partial charge on any atom is 0.191 e. The topological polar surface area (TPSA) is 48.9 Å². The zero-order chi connectivity index (χ0) is 17.2. The maximum atomic E-state index is 5.90. The monoisotopic (exact) mass is 336 g/mol. The third-order valence-electron chi connectivity index (χ3n) is 6.41. The lowest BCUT2D eigenvalue weighted by molar-refractivity contribution is -0.106. The van der Waals surface area contributed by atoms with Gasteiger partial charge in [-0.05, 0) is 33.2 Å². The van der Waals surface area contributed by atoms with E-state index < -0.39 is 0 Å². The van der Waals surface area contributed by atoms with E-state index in [-0.39, 0.29) is 5.41 Å². The zero-order valence-corrected chi connectivity index (χ0v) is 16.0. The molecule has 3 rings (SSSR count). The number of fused-ring (bicyclic) bond motifs is 1. The molecule has 0 aromatic rings. The smallest absolute Gasteiger partial charge is 0.191 e. The quantitative estimate of drug-likeness (QED) is 0.577. The molecule has 0 spiro atoms. The minimum absolute atomic E-state index is 0.192. The normalized spacial score (nSPS) is 32.7. The highest BCUT2D eigenvalue weighted by molar-refractivity contribution is 5.80. The largest absolute Gasteiger partial charge is 0.377 e. The van der Waals surface area contributed by atoms with Gasteiger partial charge in [0.2, 0.25) is 0 Å².